The Morgan fingerprint density at radius 1 is 1.41 bits per heavy atom. The van der Waals surface area contributed by atoms with E-state index >= 15 is 0 Å². The average molecular weight is 253 g/mol. The molecule has 1 saturated heterocycles. The number of nitrogens with zero attached hydrogens (tertiary/aromatic N) is 1. The molecule has 17 heavy (non-hydrogen) atoms. The van der Waals surface area contributed by atoms with Crippen molar-refractivity contribution in [2.75, 3.05) is 18.5 Å². The number of halogens is 1. The topological polar surface area (TPSA) is 15.3 Å². The monoisotopic (exact) mass is 252 g/mol. The van der Waals surface area contributed by atoms with E-state index in [1.807, 2.05) is 7.05 Å². The first-order valence-electron chi connectivity index (χ1n) is 6.42. The molecule has 3 heteroatoms. The summed E-state index contributed by atoms with van der Waals surface area (Å²) in [6.07, 6.45) is 3.89. The Morgan fingerprint density at radius 2 is 2.24 bits per heavy atom. The van der Waals surface area contributed by atoms with E-state index in [2.05, 4.69) is 35.3 Å². The molecule has 0 saturated carbocycles. The highest BCUT2D eigenvalue weighted by Gasteiger charge is 2.20. The zero-order valence-corrected chi connectivity index (χ0v) is 11.4. The number of nitrogens with one attached hydrogen (secondary N) is 1. The summed E-state index contributed by atoms with van der Waals surface area (Å²) in [6.45, 7) is 4.29. The minimum atomic E-state index is 0.608. The van der Waals surface area contributed by atoms with Gasteiger partial charge < -0.3 is 10.2 Å². The van der Waals surface area contributed by atoms with Gasteiger partial charge in [0.25, 0.3) is 0 Å². The fourth-order valence-corrected chi connectivity index (χ4v) is 2.87. The molecule has 1 aromatic rings. The summed E-state index contributed by atoms with van der Waals surface area (Å²) in [4.78, 5) is 2.44. The van der Waals surface area contributed by atoms with Crippen LogP contribution in [-0.2, 0) is 6.54 Å². The maximum Gasteiger partial charge on any atom is 0.0642 e. The van der Waals surface area contributed by atoms with Crippen molar-refractivity contribution in [3.63, 3.8) is 0 Å². The fraction of sp³-hybridized carbons (Fsp3) is 0.571. The van der Waals surface area contributed by atoms with Crippen LogP contribution in [-0.4, -0.2) is 19.6 Å². The molecule has 1 heterocycles. The van der Waals surface area contributed by atoms with E-state index < -0.39 is 0 Å². The van der Waals surface area contributed by atoms with Gasteiger partial charge in [-0.3, -0.25) is 0 Å². The summed E-state index contributed by atoms with van der Waals surface area (Å²) in [5.41, 5.74) is 2.43. The van der Waals surface area contributed by atoms with Crippen LogP contribution >= 0.6 is 11.6 Å². The summed E-state index contributed by atoms with van der Waals surface area (Å²) in [7, 11) is 1.95. The summed E-state index contributed by atoms with van der Waals surface area (Å²) >= 11 is 6.39. The van der Waals surface area contributed by atoms with Gasteiger partial charge in [-0.05, 0) is 50.9 Å². The van der Waals surface area contributed by atoms with Gasteiger partial charge in [0.05, 0.1) is 10.7 Å². The van der Waals surface area contributed by atoms with Gasteiger partial charge in [-0.2, -0.15) is 0 Å². The fourth-order valence-electron chi connectivity index (χ4n) is 2.55. The number of hydrogen-bond acceptors (Lipinski definition) is 2. The second-order valence-electron chi connectivity index (χ2n) is 4.85. The molecule has 0 amide bonds. The third-order valence-corrected chi connectivity index (χ3v) is 3.81. The molecular formula is C14H21ClN2. The Labute approximate surface area is 109 Å². The van der Waals surface area contributed by atoms with Crippen molar-refractivity contribution in [2.45, 2.75) is 38.8 Å². The molecule has 0 radical (unpaired) electrons. The van der Waals surface area contributed by atoms with E-state index in [1.165, 1.54) is 30.5 Å². The molecule has 1 aliphatic rings. The molecule has 2 rings (SSSR count). The van der Waals surface area contributed by atoms with Crippen molar-refractivity contribution < 1.29 is 0 Å². The van der Waals surface area contributed by atoms with E-state index in [-0.39, 0.29) is 0 Å². The van der Waals surface area contributed by atoms with Crippen LogP contribution in [0.4, 0.5) is 5.69 Å². The Balaban J connectivity index is 2.20. The highest BCUT2D eigenvalue weighted by Crippen LogP contribution is 2.31. The predicted molar refractivity (Wildman–Crippen MR) is 74.9 cm³/mol. The number of rotatable bonds is 3. The van der Waals surface area contributed by atoms with Crippen LogP contribution in [0.15, 0.2) is 18.2 Å². The summed E-state index contributed by atoms with van der Waals surface area (Å²) in [5.74, 6) is 0. The number of anilines is 1. The minimum Gasteiger partial charge on any atom is -0.368 e. The van der Waals surface area contributed by atoms with Crippen LogP contribution in [0.3, 0.4) is 0 Å². The van der Waals surface area contributed by atoms with Crippen LogP contribution in [0, 0.1) is 0 Å². The van der Waals surface area contributed by atoms with E-state index in [0.717, 1.165) is 18.1 Å². The Kier molecular flexibility index (Phi) is 4.30. The van der Waals surface area contributed by atoms with Gasteiger partial charge in [-0.15, -0.1) is 0 Å². The van der Waals surface area contributed by atoms with Gasteiger partial charge in [-0.1, -0.05) is 17.7 Å². The Hall–Kier alpha value is -0.730. The van der Waals surface area contributed by atoms with E-state index in [9.17, 15) is 0 Å². The predicted octanol–water partition coefficient (Wildman–Crippen LogP) is 3.44. The van der Waals surface area contributed by atoms with E-state index in [4.69, 9.17) is 11.6 Å². The normalized spacial score (nSPS) is 20.6. The third kappa shape index (κ3) is 2.93. The van der Waals surface area contributed by atoms with Crippen LogP contribution in [0.25, 0.3) is 0 Å². The first-order chi connectivity index (χ1) is 8.22. The molecule has 1 unspecified atom stereocenters. The molecule has 1 aromatic carbocycles. The molecule has 0 aromatic heterocycles. The van der Waals surface area contributed by atoms with Crippen LogP contribution in [0.1, 0.15) is 31.7 Å². The van der Waals surface area contributed by atoms with E-state index in [0.29, 0.717) is 6.04 Å². The molecule has 2 nitrogen and oxygen atoms in total. The van der Waals surface area contributed by atoms with Crippen molar-refractivity contribution in [1.29, 1.82) is 0 Å². The van der Waals surface area contributed by atoms with Gasteiger partial charge in [0.2, 0.25) is 0 Å². The quantitative estimate of drug-likeness (QED) is 0.887. The number of benzene rings is 1. The Morgan fingerprint density at radius 3 is 2.88 bits per heavy atom. The van der Waals surface area contributed by atoms with Gasteiger partial charge in [0.15, 0.2) is 0 Å². The highest BCUT2D eigenvalue weighted by molar-refractivity contribution is 6.33. The number of piperidine rings is 1. The summed E-state index contributed by atoms with van der Waals surface area (Å²) in [6, 6.07) is 7.02. The zero-order valence-electron chi connectivity index (χ0n) is 10.7. The molecule has 0 bridgehead atoms. The molecule has 94 valence electrons. The van der Waals surface area contributed by atoms with Crippen LogP contribution in [0.5, 0.6) is 0 Å². The zero-order chi connectivity index (χ0) is 12.3. The largest absolute Gasteiger partial charge is 0.368 e. The highest BCUT2D eigenvalue weighted by atomic mass is 35.5. The average Bonchev–Trinajstić information content (AvgIpc) is 2.31. The van der Waals surface area contributed by atoms with Gasteiger partial charge in [0, 0.05) is 19.1 Å². The lowest BCUT2D eigenvalue weighted by molar-refractivity contribution is 0.485. The molecule has 0 spiro atoms. The van der Waals surface area contributed by atoms with Crippen LogP contribution < -0.4 is 10.2 Å². The van der Waals surface area contributed by atoms with Gasteiger partial charge in [-0.25, -0.2) is 0 Å². The van der Waals surface area contributed by atoms with Crippen molar-refractivity contribution >= 4 is 17.3 Å². The summed E-state index contributed by atoms with van der Waals surface area (Å²) in [5, 5.41) is 4.03. The first kappa shape index (κ1) is 12.7. The molecule has 1 N–H and O–H groups in total. The van der Waals surface area contributed by atoms with Gasteiger partial charge in [0.1, 0.15) is 0 Å². The standard InChI is InChI=1S/C14H21ClN2/c1-11-5-3-4-8-17(11)14-7-6-12(10-16-2)9-13(14)15/h6-7,9,11,16H,3-5,8,10H2,1-2H3. The SMILES string of the molecule is CNCc1ccc(N2CCCCC2C)c(Cl)c1. The second-order valence-corrected chi connectivity index (χ2v) is 5.26. The van der Waals surface area contributed by atoms with Crippen molar-refractivity contribution in [3.8, 4) is 0 Å². The number of hydrogen-bond donors (Lipinski definition) is 1. The lowest BCUT2D eigenvalue weighted by Crippen LogP contribution is -2.37. The second kappa shape index (κ2) is 5.74. The van der Waals surface area contributed by atoms with Crippen molar-refractivity contribution in [3.05, 3.63) is 28.8 Å². The molecular weight excluding hydrogens is 232 g/mol. The molecule has 1 fully saturated rings. The molecule has 0 aliphatic carbocycles. The van der Waals surface area contributed by atoms with E-state index in [1.54, 1.807) is 0 Å². The smallest absolute Gasteiger partial charge is 0.0642 e. The lowest BCUT2D eigenvalue weighted by atomic mass is 10.0. The minimum absolute atomic E-state index is 0.608. The summed E-state index contributed by atoms with van der Waals surface area (Å²) < 4.78 is 0. The third-order valence-electron chi connectivity index (χ3n) is 3.51. The lowest BCUT2D eigenvalue weighted by Gasteiger charge is -2.36. The maximum atomic E-state index is 6.39. The van der Waals surface area contributed by atoms with Crippen molar-refractivity contribution in [2.24, 2.45) is 0 Å². The van der Waals surface area contributed by atoms with Crippen molar-refractivity contribution in [1.82, 2.24) is 5.32 Å². The molecule has 1 aliphatic heterocycles. The Bertz CT molecular complexity index is 378. The molecule has 1 atom stereocenters. The maximum absolute atomic E-state index is 6.39. The van der Waals surface area contributed by atoms with Gasteiger partial charge >= 0.3 is 0 Å². The first-order valence-corrected chi connectivity index (χ1v) is 6.80. The van der Waals surface area contributed by atoms with Crippen LogP contribution in [0.2, 0.25) is 5.02 Å².